The van der Waals surface area contributed by atoms with Gasteiger partial charge in [0.25, 0.3) is 5.91 Å². The van der Waals surface area contributed by atoms with Crippen LogP contribution in [0.15, 0.2) is 24.3 Å². The largest absolute Gasteiger partial charge is 0.481 e. The van der Waals surface area contributed by atoms with Crippen LogP contribution in [0.25, 0.3) is 0 Å². The Kier molecular flexibility index (Phi) is 3.44. The van der Waals surface area contributed by atoms with E-state index in [-0.39, 0.29) is 12.5 Å². The lowest BCUT2D eigenvalue weighted by molar-refractivity contribution is -0.145. The van der Waals surface area contributed by atoms with Crippen LogP contribution in [0.3, 0.4) is 0 Å². The lowest BCUT2D eigenvalue weighted by Crippen LogP contribution is -2.37. The van der Waals surface area contributed by atoms with Gasteiger partial charge >= 0.3 is 5.97 Å². The third-order valence-corrected chi connectivity index (χ3v) is 4.07. The van der Waals surface area contributed by atoms with Crippen molar-refractivity contribution in [1.82, 2.24) is 4.90 Å². The van der Waals surface area contributed by atoms with Crippen LogP contribution in [-0.4, -0.2) is 41.6 Å². The van der Waals surface area contributed by atoms with Crippen molar-refractivity contribution in [2.75, 3.05) is 19.7 Å². The fourth-order valence-electron chi connectivity index (χ4n) is 2.93. The minimum Gasteiger partial charge on any atom is -0.481 e. The Morgan fingerprint density at radius 2 is 2.10 bits per heavy atom. The molecule has 5 heteroatoms. The lowest BCUT2D eigenvalue weighted by Gasteiger charge is -2.28. The highest BCUT2D eigenvalue weighted by Crippen LogP contribution is 2.30. The normalized spacial score (nSPS) is 25.3. The summed E-state index contributed by atoms with van der Waals surface area (Å²) in [7, 11) is 0. The number of hydrogen-bond acceptors (Lipinski definition) is 3. The van der Waals surface area contributed by atoms with Gasteiger partial charge in [-0.25, -0.2) is 0 Å². The van der Waals surface area contributed by atoms with Gasteiger partial charge in [-0.2, -0.15) is 0 Å². The minimum atomic E-state index is -0.828. The quantitative estimate of drug-likeness (QED) is 0.881. The third-order valence-electron chi connectivity index (χ3n) is 4.07. The van der Waals surface area contributed by atoms with Gasteiger partial charge in [0.15, 0.2) is 6.10 Å². The monoisotopic (exact) mass is 275 g/mol. The molecule has 2 unspecified atom stereocenters. The molecule has 0 bridgehead atoms. The number of amides is 1. The maximum Gasteiger partial charge on any atom is 0.308 e. The molecule has 0 saturated carbocycles. The van der Waals surface area contributed by atoms with Crippen LogP contribution in [0.1, 0.15) is 23.7 Å². The Balaban J connectivity index is 1.78. The summed E-state index contributed by atoms with van der Waals surface area (Å²) in [6, 6.07) is 7.80. The maximum atomic E-state index is 12.5. The number of carboxylic acid groups (broad SMARTS) is 1. The second kappa shape index (κ2) is 5.25. The molecular formula is C15H17NO4. The SMILES string of the molecule is O=C(O)C1CCN(C(=O)C2OCCc3ccccc32)C1. The van der Waals surface area contributed by atoms with Crippen molar-refractivity contribution in [3.63, 3.8) is 0 Å². The van der Waals surface area contributed by atoms with Crippen molar-refractivity contribution >= 4 is 11.9 Å². The summed E-state index contributed by atoms with van der Waals surface area (Å²) in [4.78, 5) is 25.1. The van der Waals surface area contributed by atoms with Gasteiger partial charge in [0.1, 0.15) is 0 Å². The molecule has 1 aromatic carbocycles. The summed E-state index contributed by atoms with van der Waals surface area (Å²) in [6.45, 7) is 1.32. The Labute approximate surface area is 117 Å². The summed E-state index contributed by atoms with van der Waals surface area (Å²) in [5.41, 5.74) is 2.06. The summed E-state index contributed by atoms with van der Waals surface area (Å²) < 4.78 is 5.64. The predicted octanol–water partition coefficient (Wildman–Crippen LogP) is 1.23. The molecule has 1 N–H and O–H groups in total. The lowest BCUT2D eigenvalue weighted by atomic mass is 9.97. The number of carboxylic acids is 1. The van der Waals surface area contributed by atoms with Crippen LogP contribution in [-0.2, 0) is 20.7 Å². The fourth-order valence-corrected chi connectivity index (χ4v) is 2.93. The Morgan fingerprint density at radius 1 is 1.30 bits per heavy atom. The number of hydrogen-bond donors (Lipinski definition) is 1. The van der Waals surface area contributed by atoms with Gasteiger partial charge in [0, 0.05) is 13.1 Å². The maximum absolute atomic E-state index is 12.5. The van der Waals surface area contributed by atoms with E-state index in [2.05, 4.69) is 0 Å². The Bertz CT molecular complexity index is 542. The smallest absolute Gasteiger partial charge is 0.308 e. The number of fused-ring (bicyclic) bond motifs is 1. The zero-order valence-corrected chi connectivity index (χ0v) is 11.1. The Morgan fingerprint density at radius 3 is 2.85 bits per heavy atom. The van der Waals surface area contributed by atoms with Gasteiger partial charge in [-0.1, -0.05) is 24.3 Å². The molecule has 1 aromatic rings. The van der Waals surface area contributed by atoms with E-state index in [9.17, 15) is 9.59 Å². The van der Waals surface area contributed by atoms with E-state index in [0.717, 1.165) is 17.5 Å². The van der Waals surface area contributed by atoms with Gasteiger partial charge in [-0.05, 0) is 24.0 Å². The molecule has 3 rings (SSSR count). The molecular weight excluding hydrogens is 258 g/mol. The first-order valence-electron chi connectivity index (χ1n) is 6.88. The predicted molar refractivity (Wildman–Crippen MR) is 71.2 cm³/mol. The zero-order valence-electron chi connectivity index (χ0n) is 11.1. The number of carbonyl (C=O) groups excluding carboxylic acids is 1. The third kappa shape index (κ3) is 2.29. The van der Waals surface area contributed by atoms with Crippen molar-refractivity contribution in [1.29, 1.82) is 0 Å². The highest BCUT2D eigenvalue weighted by atomic mass is 16.5. The molecule has 2 aliphatic heterocycles. The van der Waals surface area contributed by atoms with Crippen molar-refractivity contribution in [2.24, 2.45) is 5.92 Å². The van der Waals surface area contributed by atoms with Crippen LogP contribution in [0, 0.1) is 5.92 Å². The number of benzene rings is 1. The average Bonchev–Trinajstić information content (AvgIpc) is 2.96. The number of aliphatic carboxylic acids is 1. The van der Waals surface area contributed by atoms with E-state index >= 15 is 0 Å². The molecule has 2 aliphatic rings. The first kappa shape index (κ1) is 13.1. The van der Waals surface area contributed by atoms with Gasteiger partial charge in [0.2, 0.25) is 0 Å². The first-order chi connectivity index (χ1) is 9.66. The van der Waals surface area contributed by atoms with E-state index in [1.165, 1.54) is 0 Å². The molecule has 0 radical (unpaired) electrons. The van der Waals surface area contributed by atoms with Crippen LogP contribution >= 0.6 is 0 Å². The first-order valence-corrected chi connectivity index (χ1v) is 6.88. The summed E-state index contributed by atoms with van der Waals surface area (Å²) in [5, 5.41) is 9.01. The van der Waals surface area contributed by atoms with Crippen LogP contribution < -0.4 is 0 Å². The average molecular weight is 275 g/mol. The molecule has 2 heterocycles. The second-order valence-electron chi connectivity index (χ2n) is 5.31. The summed E-state index contributed by atoms with van der Waals surface area (Å²) >= 11 is 0. The minimum absolute atomic E-state index is 0.110. The van der Waals surface area contributed by atoms with Gasteiger partial charge < -0.3 is 14.7 Å². The molecule has 5 nitrogen and oxygen atoms in total. The number of carbonyl (C=O) groups is 2. The van der Waals surface area contributed by atoms with Crippen molar-refractivity contribution in [3.8, 4) is 0 Å². The number of rotatable bonds is 2. The van der Waals surface area contributed by atoms with Crippen molar-refractivity contribution < 1.29 is 19.4 Å². The van der Waals surface area contributed by atoms with E-state index in [1.54, 1.807) is 4.90 Å². The Hall–Kier alpha value is -1.88. The van der Waals surface area contributed by atoms with Gasteiger partial charge in [0.05, 0.1) is 12.5 Å². The number of ether oxygens (including phenoxy) is 1. The van der Waals surface area contributed by atoms with Crippen molar-refractivity contribution in [3.05, 3.63) is 35.4 Å². The molecule has 1 fully saturated rings. The highest BCUT2D eigenvalue weighted by molar-refractivity contribution is 5.84. The standard InChI is InChI=1S/C15H17NO4/c17-14(16-7-5-11(9-16)15(18)19)13-12-4-2-1-3-10(12)6-8-20-13/h1-4,11,13H,5-9H2,(H,18,19). The summed E-state index contributed by atoms with van der Waals surface area (Å²) in [6.07, 6.45) is 0.764. The fraction of sp³-hybridized carbons (Fsp3) is 0.467. The molecule has 0 aromatic heterocycles. The molecule has 2 atom stereocenters. The molecule has 0 spiro atoms. The molecule has 0 aliphatic carbocycles. The van der Waals surface area contributed by atoms with Gasteiger partial charge in [-0.3, -0.25) is 9.59 Å². The van der Waals surface area contributed by atoms with E-state index in [1.807, 2.05) is 24.3 Å². The zero-order chi connectivity index (χ0) is 14.1. The van der Waals surface area contributed by atoms with E-state index in [4.69, 9.17) is 9.84 Å². The molecule has 20 heavy (non-hydrogen) atoms. The summed E-state index contributed by atoms with van der Waals surface area (Å²) in [5.74, 6) is -1.39. The van der Waals surface area contributed by atoms with E-state index < -0.39 is 18.0 Å². The van der Waals surface area contributed by atoms with Crippen molar-refractivity contribution in [2.45, 2.75) is 18.9 Å². The number of nitrogens with zero attached hydrogens (tertiary/aromatic N) is 1. The second-order valence-corrected chi connectivity index (χ2v) is 5.31. The van der Waals surface area contributed by atoms with Crippen LogP contribution in [0.5, 0.6) is 0 Å². The van der Waals surface area contributed by atoms with Crippen LogP contribution in [0.2, 0.25) is 0 Å². The molecule has 1 saturated heterocycles. The van der Waals surface area contributed by atoms with Gasteiger partial charge in [-0.15, -0.1) is 0 Å². The topological polar surface area (TPSA) is 66.8 Å². The van der Waals surface area contributed by atoms with E-state index in [0.29, 0.717) is 19.6 Å². The molecule has 106 valence electrons. The number of likely N-dealkylation sites (tertiary alicyclic amines) is 1. The molecule has 1 amide bonds. The highest BCUT2D eigenvalue weighted by Gasteiger charge is 2.36. The van der Waals surface area contributed by atoms with Crippen LogP contribution in [0.4, 0.5) is 0 Å².